The van der Waals surface area contributed by atoms with Gasteiger partial charge < -0.3 is 19.7 Å². The van der Waals surface area contributed by atoms with Crippen molar-refractivity contribution < 1.29 is 19.1 Å². The van der Waals surface area contributed by atoms with Crippen LogP contribution in [0.1, 0.15) is 43.4 Å². The molecule has 3 rings (SSSR count). The molecule has 1 saturated carbocycles. The highest BCUT2D eigenvalue weighted by molar-refractivity contribution is 5.91. The van der Waals surface area contributed by atoms with Crippen LogP contribution in [0.25, 0.3) is 0 Å². The molecule has 29 heavy (non-hydrogen) atoms. The van der Waals surface area contributed by atoms with Gasteiger partial charge >= 0.3 is 6.09 Å². The van der Waals surface area contributed by atoms with E-state index in [0.29, 0.717) is 12.4 Å². The van der Waals surface area contributed by atoms with Gasteiger partial charge in [0.05, 0.1) is 13.5 Å². The van der Waals surface area contributed by atoms with Gasteiger partial charge in [-0.1, -0.05) is 12.1 Å². The number of carbonyl (C=O) groups excluding carboxylic acids is 2. The summed E-state index contributed by atoms with van der Waals surface area (Å²) in [5, 5.41) is 10.0. The molecule has 1 aromatic heterocycles. The number of H-pyrrole nitrogens is 1. The number of hydrogen-bond acceptors (Lipinski definition) is 5. The summed E-state index contributed by atoms with van der Waals surface area (Å²) >= 11 is 0. The summed E-state index contributed by atoms with van der Waals surface area (Å²) in [7, 11) is 3.33. The molecule has 1 aliphatic rings. The molecule has 156 valence electrons. The Hall–Kier alpha value is -3.03. The van der Waals surface area contributed by atoms with E-state index in [-0.39, 0.29) is 30.4 Å². The van der Waals surface area contributed by atoms with Gasteiger partial charge in [-0.05, 0) is 43.9 Å². The normalized spacial score (nSPS) is 18.3. The molecule has 2 aromatic rings. The number of amides is 2. The van der Waals surface area contributed by atoms with Gasteiger partial charge in [0.2, 0.25) is 5.91 Å². The maximum atomic E-state index is 12.3. The average molecular weight is 400 g/mol. The molecular formula is C21H28N4O4. The fraction of sp³-hybridized carbons (Fsp3) is 0.476. The van der Waals surface area contributed by atoms with E-state index in [1.807, 2.05) is 37.3 Å². The number of nitrogens with zero attached hydrogens (tertiary/aromatic N) is 2. The molecule has 2 amide bonds. The van der Waals surface area contributed by atoms with Crippen LogP contribution in [0.5, 0.6) is 5.75 Å². The molecular weight excluding hydrogens is 372 g/mol. The summed E-state index contributed by atoms with van der Waals surface area (Å²) in [6, 6.07) is 9.25. The zero-order valence-corrected chi connectivity index (χ0v) is 17.1. The van der Waals surface area contributed by atoms with Crippen LogP contribution < -0.4 is 10.1 Å². The molecule has 1 aliphatic carbocycles. The third kappa shape index (κ3) is 5.49. The smallest absolute Gasteiger partial charge is 0.409 e. The average Bonchev–Trinajstić information content (AvgIpc) is 3.37. The lowest BCUT2D eigenvalue weighted by atomic mass is 10.0. The quantitative estimate of drug-likeness (QED) is 0.743. The van der Waals surface area contributed by atoms with E-state index < -0.39 is 0 Å². The highest BCUT2D eigenvalue weighted by Crippen LogP contribution is 2.36. The standard InChI is InChI=1S/C21H28N4O4/c1-4-25(2)21(27)29-17-10-7-15(12-17)18-13-19(24-23-18)22-20(26)11-14-5-8-16(28-3)9-6-14/h5-6,8-9,13,15,17H,4,7,10-12H2,1-3H3,(H2,22,23,24,26)/t15-,17+/m0/s1. The Morgan fingerprint density at radius 1 is 1.28 bits per heavy atom. The molecule has 0 saturated heterocycles. The first kappa shape index (κ1) is 20.7. The van der Waals surface area contributed by atoms with E-state index in [1.165, 1.54) is 0 Å². The number of aromatic amines is 1. The predicted molar refractivity (Wildman–Crippen MR) is 109 cm³/mol. The number of carbonyl (C=O) groups is 2. The number of methoxy groups -OCH3 is 1. The first-order chi connectivity index (χ1) is 14.0. The Kier molecular flexibility index (Phi) is 6.74. The minimum atomic E-state index is -0.283. The Morgan fingerprint density at radius 3 is 2.72 bits per heavy atom. The molecule has 8 nitrogen and oxygen atoms in total. The summed E-state index contributed by atoms with van der Waals surface area (Å²) in [5.74, 6) is 1.37. The molecule has 0 spiro atoms. The highest BCUT2D eigenvalue weighted by Gasteiger charge is 2.30. The minimum absolute atomic E-state index is 0.0853. The number of benzene rings is 1. The number of aromatic nitrogens is 2. The Labute approximate surface area is 170 Å². The van der Waals surface area contributed by atoms with Crippen molar-refractivity contribution in [1.29, 1.82) is 0 Å². The molecule has 1 heterocycles. The van der Waals surface area contributed by atoms with Gasteiger partial charge in [0.15, 0.2) is 5.82 Å². The van der Waals surface area contributed by atoms with E-state index >= 15 is 0 Å². The Morgan fingerprint density at radius 2 is 2.03 bits per heavy atom. The van der Waals surface area contributed by atoms with Crippen LogP contribution >= 0.6 is 0 Å². The van der Waals surface area contributed by atoms with Crippen molar-refractivity contribution in [1.82, 2.24) is 15.1 Å². The SMILES string of the molecule is CCN(C)C(=O)O[C@@H]1CC[C@H](c2cc(NC(=O)Cc3ccc(OC)cc3)n[nH]2)C1. The lowest BCUT2D eigenvalue weighted by molar-refractivity contribution is -0.115. The second-order valence-corrected chi connectivity index (χ2v) is 7.31. The maximum Gasteiger partial charge on any atom is 0.409 e. The van der Waals surface area contributed by atoms with Crippen molar-refractivity contribution in [2.24, 2.45) is 0 Å². The molecule has 0 bridgehead atoms. The number of anilines is 1. The van der Waals surface area contributed by atoms with Gasteiger partial charge in [0.25, 0.3) is 0 Å². The summed E-state index contributed by atoms with van der Waals surface area (Å²) in [4.78, 5) is 25.7. The number of rotatable bonds is 7. The Bertz CT molecular complexity index is 833. The van der Waals surface area contributed by atoms with Crippen LogP contribution in [0.2, 0.25) is 0 Å². The van der Waals surface area contributed by atoms with Crippen molar-refractivity contribution in [2.75, 3.05) is 26.0 Å². The molecule has 0 unspecified atom stereocenters. The zero-order chi connectivity index (χ0) is 20.8. The third-order valence-corrected chi connectivity index (χ3v) is 5.27. The molecule has 0 radical (unpaired) electrons. The lowest BCUT2D eigenvalue weighted by Gasteiger charge is -2.18. The fourth-order valence-corrected chi connectivity index (χ4v) is 3.42. The van der Waals surface area contributed by atoms with E-state index in [0.717, 1.165) is 36.3 Å². The van der Waals surface area contributed by atoms with Gasteiger partial charge in [0, 0.05) is 31.3 Å². The van der Waals surface area contributed by atoms with E-state index in [2.05, 4.69) is 15.5 Å². The van der Waals surface area contributed by atoms with Crippen molar-refractivity contribution in [2.45, 2.75) is 44.6 Å². The van der Waals surface area contributed by atoms with Gasteiger partial charge in [0.1, 0.15) is 11.9 Å². The van der Waals surface area contributed by atoms with Crippen LogP contribution in [0.15, 0.2) is 30.3 Å². The van der Waals surface area contributed by atoms with Crippen LogP contribution in [-0.2, 0) is 16.0 Å². The minimum Gasteiger partial charge on any atom is -0.497 e. The summed E-state index contributed by atoms with van der Waals surface area (Å²) in [6.07, 6.45) is 2.39. The molecule has 1 fully saturated rings. The highest BCUT2D eigenvalue weighted by atomic mass is 16.6. The first-order valence-electron chi connectivity index (χ1n) is 9.88. The summed E-state index contributed by atoms with van der Waals surface area (Å²) in [6.45, 7) is 2.53. The Balaban J connectivity index is 1.50. The van der Waals surface area contributed by atoms with Gasteiger partial charge in [-0.3, -0.25) is 9.89 Å². The van der Waals surface area contributed by atoms with Gasteiger partial charge in [-0.25, -0.2) is 4.79 Å². The predicted octanol–water partition coefficient (Wildman–Crippen LogP) is 3.32. The van der Waals surface area contributed by atoms with Crippen molar-refractivity contribution in [3.05, 3.63) is 41.6 Å². The summed E-state index contributed by atoms with van der Waals surface area (Å²) in [5.41, 5.74) is 1.85. The van der Waals surface area contributed by atoms with Crippen LogP contribution in [0, 0.1) is 0 Å². The fourth-order valence-electron chi connectivity index (χ4n) is 3.42. The van der Waals surface area contributed by atoms with Crippen LogP contribution in [0.3, 0.4) is 0 Å². The van der Waals surface area contributed by atoms with E-state index in [9.17, 15) is 9.59 Å². The van der Waals surface area contributed by atoms with Crippen molar-refractivity contribution in [3.63, 3.8) is 0 Å². The topological polar surface area (TPSA) is 96.6 Å². The number of nitrogens with one attached hydrogen (secondary N) is 2. The van der Waals surface area contributed by atoms with Crippen molar-refractivity contribution >= 4 is 17.8 Å². The monoisotopic (exact) mass is 400 g/mol. The van der Waals surface area contributed by atoms with Crippen LogP contribution in [0.4, 0.5) is 10.6 Å². The summed E-state index contributed by atoms with van der Waals surface area (Å²) < 4.78 is 10.7. The molecule has 2 N–H and O–H groups in total. The first-order valence-corrected chi connectivity index (χ1v) is 9.88. The van der Waals surface area contributed by atoms with Gasteiger partial charge in [-0.2, -0.15) is 5.10 Å². The second-order valence-electron chi connectivity index (χ2n) is 7.31. The van der Waals surface area contributed by atoms with E-state index in [4.69, 9.17) is 9.47 Å². The van der Waals surface area contributed by atoms with Crippen molar-refractivity contribution in [3.8, 4) is 5.75 Å². The third-order valence-electron chi connectivity index (χ3n) is 5.27. The molecule has 8 heteroatoms. The molecule has 2 atom stereocenters. The molecule has 0 aliphatic heterocycles. The van der Waals surface area contributed by atoms with Gasteiger partial charge in [-0.15, -0.1) is 0 Å². The van der Waals surface area contributed by atoms with Crippen LogP contribution in [-0.4, -0.2) is 53.9 Å². The lowest BCUT2D eigenvalue weighted by Crippen LogP contribution is -2.30. The van der Waals surface area contributed by atoms with E-state index in [1.54, 1.807) is 19.1 Å². The molecule has 1 aromatic carbocycles. The number of ether oxygens (including phenoxy) is 2. The second kappa shape index (κ2) is 9.45. The zero-order valence-electron chi connectivity index (χ0n) is 17.1. The maximum absolute atomic E-state index is 12.3. The largest absolute Gasteiger partial charge is 0.497 e. The number of hydrogen-bond donors (Lipinski definition) is 2.